The molecule has 1 aromatic rings. The standard InChI is InChI=1S/C13H20ClN3O/c1-3-18-13-8-12(15-9-16-13)17-6-4-11(5-7-17)10(2)14/h8-11H,3-7H2,1-2H3. The highest BCUT2D eigenvalue weighted by Gasteiger charge is 2.23. The van der Waals surface area contributed by atoms with E-state index in [0.29, 0.717) is 18.4 Å². The fourth-order valence-corrected chi connectivity index (χ4v) is 2.57. The summed E-state index contributed by atoms with van der Waals surface area (Å²) in [5.74, 6) is 2.22. The van der Waals surface area contributed by atoms with Gasteiger partial charge in [-0.05, 0) is 32.6 Å². The third kappa shape index (κ3) is 3.25. The van der Waals surface area contributed by atoms with E-state index in [9.17, 15) is 0 Å². The SMILES string of the molecule is CCOc1cc(N2CCC(C(C)Cl)CC2)ncn1. The lowest BCUT2D eigenvalue weighted by Gasteiger charge is -2.33. The Morgan fingerprint density at radius 1 is 1.44 bits per heavy atom. The first kappa shape index (κ1) is 13.4. The van der Waals surface area contributed by atoms with E-state index >= 15 is 0 Å². The molecule has 2 heterocycles. The minimum atomic E-state index is 0.261. The van der Waals surface area contributed by atoms with E-state index in [2.05, 4.69) is 21.8 Å². The molecular formula is C13H20ClN3O. The van der Waals surface area contributed by atoms with E-state index in [1.54, 1.807) is 6.33 Å². The summed E-state index contributed by atoms with van der Waals surface area (Å²) in [6, 6.07) is 1.91. The van der Waals surface area contributed by atoms with Gasteiger partial charge in [0, 0.05) is 24.5 Å². The number of alkyl halides is 1. The Balaban J connectivity index is 1.98. The van der Waals surface area contributed by atoms with Crippen molar-refractivity contribution < 1.29 is 4.74 Å². The average Bonchev–Trinajstić information content (AvgIpc) is 2.39. The van der Waals surface area contributed by atoms with Gasteiger partial charge in [0.2, 0.25) is 5.88 Å². The molecule has 0 aromatic carbocycles. The van der Waals surface area contributed by atoms with Gasteiger partial charge in [0.1, 0.15) is 12.1 Å². The Kier molecular flexibility index (Phi) is 4.64. The molecule has 1 aromatic heterocycles. The van der Waals surface area contributed by atoms with Crippen LogP contribution in [0.15, 0.2) is 12.4 Å². The van der Waals surface area contributed by atoms with Gasteiger partial charge in [0.25, 0.3) is 0 Å². The lowest BCUT2D eigenvalue weighted by molar-refractivity contribution is 0.325. The number of anilines is 1. The number of piperidine rings is 1. The van der Waals surface area contributed by atoms with Crippen LogP contribution in [0.5, 0.6) is 5.88 Å². The number of aromatic nitrogens is 2. The van der Waals surface area contributed by atoms with Crippen molar-refractivity contribution in [2.75, 3.05) is 24.6 Å². The van der Waals surface area contributed by atoms with Crippen LogP contribution in [0.25, 0.3) is 0 Å². The van der Waals surface area contributed by atoms with E-state index in [1.807, 2.05) is 13.0 Å². The van der Waals surface area contributed by atoms with Gasteiger partial charge in [-0.2, -0.15) is 0 Å². The molecule has 4 nitrogen and oxygen atoms in total. The number of hydrogen-bond acceptors (Lipinski definition) is 4. The maximum atomic E-state index is 6.15. The van der Waals surface area contributed by atoms with E-state index in [-0.39, 0.29) is 5.38 Å². The minimum Gasteiger partial charge on any atom is -0.478 e. The van der Waals surface area contributed by atoms with E-state index in [0.717, 1.165) is 31.7 Å². The zero-order valence-electron chi connectivity index (χ0n) is 11.0. The molecule has 1 aliphatic heterocycles. The number of halogens is 1. The summed E-state index contributed by atoms with van der Waals surface area (Å²) in [6.45, 7) is 6.67. The first-order valence-electron chi connectivity index (χ1n) is 6.54. The number of ether oxygens (including phenoxy) is 1. The fraction of sp³-hybridized carbons (Fsp3) is 0.692. The zero-order valence-corrected chi connectivity index (χ0v) is 11.7. The molecule has 0 spiro atoms. The molecule has 0 aliphatic carbocycles. The fourth-order valence-electron chi connectivity index (χ4n) is 2.32. The average molecular weight is 270 g/mol. The molecule has 1 atom stereocenters. The predicted octanol–water partition coefficient (Wildman–Crippen LogP) is 2.72. The monoisotopic (exact) mass is 269 g/mol. The van der Waals surface area contributed by atoms with Crippen molar-refractivity contribution in [3.8, 4) is 5.88 Å². The van der Waals surface area contributed by atoms with Crippen molar-refractivity contribution >= 4 is 17.4 Å². The van der Waals surface area contributed by atoms with Crippen LogP contribution < -0.4 is 9.64 Å². The largest absolute Gasteiger partial charge is 0.478 e. The quantitative estimate of drug-likeness (QED) is 0.788. The van der Waals surface area contributed by atoms with Crippen molar-refractivity contribution in [1.82, 2.24) is 9.97 Å². The summed E-state index contributed by atoms with van der Waals surface area (Å²) < 4.78 is 5.40. The van der Waals surface area contributed by atoms with Gasteiger partial charge in [-0.3, -0.25) is 0 Å². The van der Waals surface area contributed by atoms with E-state index in [4.69, 9.17) is 16.3 Å². The molecule has 0 bridgehead atoms. The van der Waals surface area contributed by atoms with E-state index < -0.39 is 0 Å². The van der Waals surface area contributed by atoms with Crippen LogP contribution in [0.1, 0.15) is 26.7 Å². The van der Waals surface area contributed by atoms with Crippen molar-refractivity contribution in [3.05, 3.63) is 12.4 Å². The zero-order chi connectivity index (χ0) is 13.0. The van der Waals surface area contributed by atoms with Crippen molar-refractivity contribution in [3.63, 3.8) is 0 Å². The molecule has 1 fully saturated rings. The maximum Gasteiger partial charge on any atom is 0.218 e. The minimum absolute atomic E-state index is 0.261. The third-order valence-corrected chi connectivity index (χ3v) is 3.79. The van der Waals surface area contributed by atoms with Gasteiger partial charge in [-0.15, -0.1) is 11.6 Å². The lowest BCUT2D eigenvalue weighted by atomic mass is 9.94. The van der Waals surface area contributed by atoms with Crippen LogP contribution in [0, 0.1) is 5.92 Å². The second-order valence-corrected chi connectivity index (χ2v) is 5.34. The van der Waals surface area contributed by atoms with Gasteiger partial charge in [-0.25, -0.2) is 9.97 Å². The van der Waals surface area contributed by atoms with Crippen LogP contribution >= 0.6 is 11.6 Å². The van der Waals surface area contributed by atoms with Crippen molar-refractivity contribution in [2.45, 2.75) is 32.1 Å². The second kappa shape index (κ2) is 6.23. The van der Waals surface area contributed by atoms with E-state index in [1.165, 1.54) is 0 Å². The first-order chi connectivity index (χ1) is 8.70. The molecule has 2 rings (SSSR count). The number of hydrogen-bond donors (Lipinski definition) is 0. The van der Waals surface area contributed by atoms with Gasteiger partial charge >= 0.3 is 0 Å². The van der Waals surface area contributed by atoms with Crippen molar-refractivity contribution in [2.24, 2.45) is 5.92 Å². The summed E-state index contributed by atoms with van der Waals surface area (Å²) in [6.07, 6.45) is 3.81. The Morgan fingerprint density at radius 2 is 2.17 bits per heavy atom. The van der Waals surface area contributed by atoms with Gasteiger partial charge in [-0.1, -0.05) is 0 Å². The topological polar surface area (TPSA) is 38.2 Å². The third-order valence-electron chi connectivity index (χ3n) is 3.43. The molecule has 1 aliphatic rings. The molecule has 5 heteroatoms. The molecule has 0 radical (unpaired) electrons. The molecule has 0 amide bonds. The summed E-state index contributed by atoms with van der Waals surface area (Å²) in [5.41, 5.74) is 0. The Hall–Kier alpha value is -1.03. The number of nitrogens with zero attached hydrogens (tertiary/aromatic N) is 3. The van der Waals surface area contributed by atoms with Crippen LogP contribution in [-0.2, 0) is 0 Å². The Labute approximate surface area is 113 Å². The lowest BCUT2D eigenvalue weighted by Crippen LogP contribution is -2.36. The second-order valence-electron chi connectivity index (χ2n) is 4.65. The first-order valence-corrected chi connectivity index (χ1v) is 6.98. The smallest absolute Gasteiger partial charge is 0.218 e. The highest BCUT2D eigenvalue weighted by atomic mass is 35.5. The Morgan fingerprint density at radius 3 is 2.78 bits per heavy atom. The van der Waals surface area contributed by atoms with Crippen LogP contribution in [-0.4, -0.2) is 35.0 Å². The van der Waals surface area contributed by atoms with Crippen molar-refractivity contribution in [1.29, 1.82) is 0 Å². The Bertz CT molecular complexity index is 378. The highest BCUT2D eigenvalue weighted by Crippen LogP contribution is 2.27. The molecule has 1 saturated heterocycles. The number of rotatable bonds is 4. The van der Waals surface area contributed by atoms with Crippen LogP contribution in [0.3, 0.4) is 0 Å². The molecular weight excluding hydrogens is 250 g/mol. The van der Waals surface area contributed by atoms with Gasteiger partial charge in [0.15, 0.2) is 0 Å². The van der Waals surface area contributed by atoms with Gasteiger partial charge in [0.05, 0.1) is 6.61 Å². The summed E-state index contributed by atoms with van der Waals surface area (Å²) >= 11 is 6.15. The molecule has 18 heavy (non-hydrogen) atoms. The highest BCUT2D eigenvalue weighted by molar-refractivity contribution is 6.20. The summed E-state index contributed by atoms with van der Waals surface area (Å²) in [5, 5.41) is 0.261. The van der Waals surface area contributed by atoms with Crippen LogP contribution in [0.4, 0.5) is 5.82 Å². The van der Waals surface area contributed by atoms with Crippen LogP contribution in [0.2, 0.25) is 0 Å². The molecule has 100 valence electrons. The van der Waals surface area contributed by atoms with Gasteiger partial charge < -0.3 is 9.64 Å². The summed E-state index contributed by atoms with van der Waals surface area (Å²) in [7, 11) is 0. The predicted molar refractivity (Wildman–Crippen MR) is 73.5 cm³/mol. The molecule has 0 N–H and O–H groups in total. The molecule has 0 saturated carbocycles. The molecule has 1 unspecified atom stereocenters. The normalized spacial score (nSPS) is 18.7. The summed E-state index contributed by atoms with van der Waals surface area (Å²) in [4.78, 5) is 10.7. The maximum absolute atomic E-state index is 6.15.